The molecular formula is C82H131NP2Si. The Morgan fingerprint density at radius 3 is 0.663 bits per heavy atom. The maximum atomic E-state index is 3.03. The van der Waals surface area contributed by atoms with Gasteiger partial charge in [-0.2, -0.15) is 0 Å². The molecule has 4 heteroatoms. The Labute approximate surface area is 537 Å². The first-order chi connectivity index (χ1) is 42.4. The normalized spacial score (nSPS) is 11.9. The zero-order valence-corrected chi connectivity index (χ0v) is 60.0. The fourth-order valence-electron chi connectivity index (χ4n) is 13.4. The molecule has 478 valence electrons. The molecule has 5 aromatic rings. The van der Waals surface area contributed by atoms with Crippen LogP contribution in [-0.4, -0.2) is 8.07 Å². The van der Waals surface area contributed by atoms with Crippen molar-refractivity contribution in [3.63, 3.8) is 0 Å². The molecule has 0 atom stereocenters. The molecule has 0 heterocycles. The highest BCUT2D eigenvalue weighted by atomic mass is 31.2. The van der Waals surface area contributed by atoms with Crippen molar-refractivity contribution in [2.24, 2.45) is 0 Å². The maximum absolute atomic E-state index is 3.03. The van der Waals surface area contributed by atoms with E-state index in [4.69, 9.17) is 0 Å². The molecule has 0 bridgehead atoms. The van der Waals surface area contributed by atoms with Gasteiger partial charge in [-0.05, 0) is 85.8 Å². The summed E-state index contributed by atoms with van der Waals surface area (Å²) in [7, 11) is -3.74. The van der Waals surface area contributed by atoms with Gasteiger partial charge in [-0.1, -0.05) is 399 Å². The lowest BCUT2D eigenvalue weighted by atomic mass is 10.0. The van der Waals surface area contributed by atoms with Gasteiger partial charge in [0, 0.05) is 26.9 Å². The highest BCUT2D eigenvalue weighted by Crippen LogP contribution is 2.57. The molecule has 0 saturated carbocycles. The maximum Gasteiger partial charge on any atom is 0.0867 e. The molecule has 0 aliphatic carbocycles. The van der Waals surface area contributed by atoms with E-state index < -0.39 is 24.2 Å². The number of unbranched alkanes of at least 4 members (excludes halogenated alkanes) is 31. The molecule has 0 saturated heterocycles. The minimum atomic E-state index is -1.73. The van der Waals surface area contributed by atoms with Crippen molar-refractivity contribution in [3.8, 4) is 0 Å². The molecule has 0 spiro atoms. The molecule has 0 unspecified atom stereocenters. The van der Waals surface area contributed by atoms with Crippen LogP contribution in [0.3, 0.4) is 0 Å². The number of hydrogen-bond acceptors (Lipinski definition) is 1. The topological polar surface area (TPSA) is 3.24 Å². The summed E-state index contributed by atoms with van der Waals surface area (Å²) in [6.45, 7) is 16.6. The van der Waals surface area contributed by atoms with Crippen molar-refractivity contribution in [2.45, 2.75) is 336 Å². The van der Waals surface area contributed by atoms with Gasteiger partial charge in [0.25, 0.3) is 0 Å². The zero-order chi connectivity index (χ0) is 61.0. The van der Waals surface area contributed by atoms with E-state index in [0.717, 1.165) is 0 Å². The van der Waals surface area contributed by atoms with Crippen molar-refractivity contribution in [1.29, 1.82) is 0 Å². The number of rotatable bonds is 53. The Bertz CT molecular complexity index is 2080. The van der Waals surface area contributed by atoms with Crippen LogP contribution in [0.5, 0.6) is 0 Å². The van der Waals surface area contributed by atoms with Crippen molar-refractivity contribution in [3.05, 3.63) is 144 Å². The van der Waals surface area contributed by atoms with E-state index >= 15 is 0 Å². The van der Waals surface area contributed by atoms with Gasteiger partial charge in [-0.3, -0.25) is 0 Å². The molecule has 5 aromatic carbocycles. The van der Waals surface area contributed by atoms with Gasteiger partial charge >= 0.3 is 0 Å². The average Bonchev–Trinajstić information content (AvgIpc) is 1.15. The van der Waals surface area contributed by atoms with E-state index in [1.165, 1.54) is 337 Å². The highest BCUT2D eigenvalue weighted by molar-refractivity contribution is 7.90. The van der Waals surface area contributed by atoms with Gasteiger partial charge in [0.2, 0.25) is 0 Å². The summed E-state index contributed by atoms with van der Waals surface area (Å²) in [5.74, 6) is 0. The lowest BCUT2D eigenvalue weighted by molar-refractivity contribution is 0.575. The van der Waals surface area contributed by atoms with Crippen molar-refractivity contribution in [1.82, 2.24) is 0 Å². The summed E-state index contributed by atoms with van der Waals surface area (Å²) in [5.41, 5.74) is 7.40. The molecule has 0 fully saturated rings. The predicted molar refractivity (Wildman–Crippen MR) is 397 cm³/mol. The Morgan fingerprint density at radius 1 is 0.233 bits per heavy atom. The highest BCUT2D eigenvalue weighted by Gasteiger charge is 2.36. The molecular weight excluding hydrogens is 1090 g/mol. The van der Waals surface area contributed by atoms with Gasteiger partial charge in [0.15, 0.2) is 0 Å². The summed E-state index contributed by atoms with van der Waals surface area (Å²) in [4.78, 5) is 0. The molecule has 0 radical (unpaired) electrons. The average molecular weight is 1220 g/mol. The van der Waals surface area contributed by atoms with E-state index in [1.54, 1.807) is 5.19 Å². The second-order valence-electron chi connectivity index (χ2n) is 26.6. The first-order valence-electron chi connectivity index (χ1n) is 37.3. The lowest BCUT2D eigenvalue weighted by Crippen LogP contribution is -2.47. The van der Waals surface area contributed by atoms with Crippen LogP contribution in [0.15, 0.2) is 121 Å². The standard InChI is InChI=1S/C82H131NP2Si/c1-8-15-22-26-30-34-38-42-46-73-50-60-78(61-51-73)84(79-62-52-74(53-63-79)47-43-39-35-31-27-23-16-9-2)83(77-58-68-82(69-59-77)86(70-19-12-5,71-20-13-6)72-21-14-7)85(80-64-54-75(55-65-80)48-44-40-36-32-28-24-17-10-3)81-66-56-76(57-67-81)49-45-41-37-33-29-25-18-11-4/h50-69H,8-49,70-72H2,1-7H3. The Hall–Kier alpha value is -3.02. The van der Waals surface area contributed by atoms with Gasteiger partial charge < -0.3 is 4.44 Å². The molecule has 0 aliphatic heterocycles. The number of aryl methyl sites for hydroxylation is 4. The smallest absolute Gasteiger partial charge is 0.0867 e. The molecule has 0 aliphatic rings. The molecule has 1 nitrogen and oxygen atoms in total. The summed E-state index contributed by atoms with van der Waals surface area (Å²) >= 11 is 0. The third-order valence-corrected chi connectivity index (χ3v) is 30.0. The molecule has 0 aromatic heterocycles. The number of hydrogen-bond donors (Lipinski definition) is 0. The Kier molecular flexibility index (Phi) is 40.3. The lowest BCUT2D eigenvalue weighted by Gasteiger charge is -2.41. The van der Waals surface area contributed by atoms with Crippen molar-refractivity contribution < 1.29 is 0 Å². The molecule has 5 rings (SSSR count). The summed E-state index contributed by atoms with van der Waals surface area (Å²) in [6, 6.07) is 55.8. The minimum Gasteiger partial charge on any atom is -0.313 e. The van der Waals surface area contributed by atoms with E-state index in [2.05, 4.69) is 174 Å². The van der Waals surface area contributed by atoms with Crippen LogP contribution in [0, 0.1) is 0 Å². The third-order valence-electron chi connectivity index (χ3n) is 19.1. The van der Waals surface area contributed by atoms with Crippen LogP contribution in [0.25, 0.3) is 0 Å². The van der Waals surface area contributed by atoms with Crippen LogP contribution in [0.2, 0.25) is 18.1 Å². The number of anilines is 1. The van der Waals surface area contributed by atoms with E-state index in [9.17, 15) is 0 Å². The third kappa shape index (κ3) is 28.0. The fraction of sp³-hybridized carbons (Fsp3) is 0.634. The summed E-state index contributed by atoms with van der Waals surface area (Å²) in [6.07, 6.45) is 56.3. The van der Waals surface area contributed by atoms with Crippen LogP contribution in [0.4, 0.5) is 5.69 Å². The fourth-order valence-corrected chi connectivity index (χ4v) is 24.9. The van der Waals surface area contributed by atoms with Crippen LogP contribution in [0.1, 0.15) is 315 Å². The van der Waals surface area contributed by atoms with Crippen molar-refractivity contribution >= 4 is 56.3 Å². The van der Waals surface area contributed by atoms with E-state index in [-0.39, 0.29) is 0 Å². The van der Waals surface area contributed by atoms with Crippen LogP contribution >= 0.6 is 16.1 Å². The van der Waals surface area contributed by atoms with Gasteiger partial charge in [-0.15, -0.1) is 0 Å². The first-order valence-corrected chi connectivity index (χ1v) is 42.5. The van der Waals surface area contributed by atoms with Crippen molar-refractivity contribution in [2.75, 3.05) is 4.44 Å². The second kappa shape index (κ2) is 47.0. The quantitative estimate of drug-likeness (QED) is 0.0213. The zero-order valence-electron chi connectivity index (χ0n) is 57.2. The largest absolute Gasteiger partial charge is 0.313 e. The Morgan fingerprint density at radius 2 is 0.442 bits per heavy atom. The Balaban J connectivity index is 1.63. The van der Waals surface area contributed by atoms with Gasteiger partial charge in [0.05, 0.1) is 24.2 Å². The summed E-state index contributed by atoms with van der Waals surface area (Å²) < 4.78 is 3.03. The SMILES string of the molecule is CCCCCCCCCCc1ccc(P(c2ccc(CCCCCCCCCC)cc2)N(c2ccc([Si](CCCC)(CCCC)CCCC)cc2)P(c2ccc(CCCCCCCCCC)cc2)c2ccc(CCCCCCCCCC)cc2)cc1. The van der Waals surface area contributed by atoms with E-state index in [0.29, 0.717) is 0 Å². The van der Waals surface area contributed by atoms with Crippen LogP contribution < -0.4 is 30.8 Å². The number of benzene rings is 5. The molecule has 0 amide bonds. The molecule has 0 N–H and O–H groups in total. The van der Waals surface area contributed by atoms with Crippen LogP contribution in [-0.2, 0) is 25.7 Å². The second-order valence-corrected chi connectivity index (χ2v) is 35.7. The number of nitrogens with zero attached hydrogens (tertiary/aromatic N) is 1. The first kappa shape index (κ1) is 73.7. The van der Waals surface area contributed by atoms with Gasteiger partial charge in [0.1, 0.15) is 0 Å². The van der Waals surface area contributed by atoms with Gasteiger partial charge in [-0.25, -0.2) is 0 Å². The summed E-state index contributed by atoms with van der Waals surface area (Å²) in [5, 5.41) is 7.62. The predicted octanol–water partition coefficient (Wildman–Crippen LogP) is 25.4. The van der Waals surface area contributed by atoms with E-state index in [1.807, 2.05) is 0 Å². The minimum absolute atomic E-state index is 1.00. The molecule has 86 heavy (non-hydrogen) atoms. The monoisotopic (exact) mass is 1220 g/mol.